The van der Waals surface area contributed by atoms with Crippen LogP contribution in [0, 0.1) is 0 Å². The SMILES string of the molecule is COc1ccc(NC(=O)c2cnc(Cl)c(Cl)c2)cc1O. The Morgan fingerprint density at radius 3 is 2.70 bits per heavy atom. The molecule has 0 spiro atoms. The molecule has 2 aromatic rings. The van der Waals surface area contributed by atoms with Crippen molar-refractivity contribution in [2.75, 3.05) is 12.4 Å². The number of methoxy groups -OCH3 is 1. The number of rotatable bonds is 3. The normalized spacial score (nSPS) is 10.2. The van der Waals surface area contributed by atoms with Crippen LogP contribution in [0.1, 0.15) is 10.4 Å². The fourth-order valence-corrected chi connectivity index (χ4v) is 1.79. The Balaban J connectivity index is 2.19. The molecule has 20 heavy (non-hydrogen) atoms. The number of phenolic OH excluding ortho intramolecular Hbond substituents is 1. The molecular formula is C13H10Cl2N2O3. The molecule has 1 heterocycles. The maximum absolute atomic E-state index is 12.0. The predicted molar refractivity (Wildman–Crippen MR) is 76.9 cm³/mol. The molecule has 0 aliphatic carbocycles. The largest absolute Gasteiger partial charge is 0.504 e. The lowest BCUT2D eigenvalue weighted by atomic mass is 10.2. The van der Waals surface area contributed by atoms with E-state index in [9.17, 15) is 9.90 Å². The summed E-state index contributed by atoms with van der Waals surface area (Å²) in [6.07, 6.45) is 1.31. The van der Waals surface area contributed by atoms with Gasteiger partial charge in [0.2, 0.25) is 0 Å². The van der Waals surface area contributed by atoms with E-state index >= 15 is 0 Å². The highest BCUT2D eigenvalue weighted by Crippen LogP contribution is 2.29. The molecule has 0 atom stereocenters. The zero-order chi connectivity index (χ0) is 14.7. The number of halogens is 2. The molecule has 0 radical (unpaired) electrons. The number of pyridine rings is 1. The first kappa shape index (κ1) is 14.4. The van der Waals surface area contributed by atoms with E-state index in [0.29, 0.717) is 11.4 Å². The lowest BCUT2D eigenvalue weighted by molar-refractivity contribution is 0.102. The van der Waals surface area contributed by atoms with Crippen molar-refractivity contribution in [1.29, 1.82) is 0 Å². The van der Waals surface area contributed by atoms with Crippen LogP contribution >= 0.6 is 23.2 Å². The number of nitrogens with one attached hydrogen (secondary N) is 1. The minimum absolute atomic E-state index is 0.0717. The van der Waals surface area contributed by atoms with Gasteiger partial charge in [0.05, 0.1) is 17.7 Å². The summed E-state index contributed by atoms with van der Waals surface area (Å²) in [5.41, 5.74) is 0.675. The minimum Gasteiger partial charge on any atom is -0.504 e. The summed E-state index contributed by atoms with van der Waals surface area (Å²) in [5, 5.41) is 12.6. The molecule has 1 amide bonds. The quantitative estimate of drug-likeness (QED) is 0.852. The minimum atomic E-state index is -0.416. The van der Waals surface area contributed by atoms with Crippen molar-refractivity contribution in [2.45, 2.75) is 0 Å². The van der Waals surface area contributed by atoms with Crippen molar-refractivity contribution in [2.24, 2.45) is 0 Å². The second-order valence-corrected chi connectivity index (χ2v) is 4.60. The Bertz CT molecular complexity index is 662. The number of phenols is 1. The Morgan fingerprint density at radius 2 is 2.10 bits per heavy atom. The topological polar surface area (TPSA) is 71.5 Å². The number of hydrogen-bond acceptors (Lipinski definition) is 4. The molecule has 0 unspecified atom stereocenters. The molecule has 5 nitrogen and oxygen atoms in total. The van der Waals surface area contributed by atoms with E-state index in [1.807, 2.05) is 0 Å². The van der Waals surface area contributed by atoms with Gasteiger partial charge in [-0.05, 0) is 18.2 Å². The molecule has 0 aliphatic heterocycles. The van der Waals surface area contributed by atoms with E-state index in [1.54, 1.807) is 6.07 Å². The lowest BCUT2D eigenvalue weighted by Gasteiger charge is -2.08. The molecule has 0 saturated carbocycles. The molecule has 0 aliphatic rings. The van der Waals surface area contributed by atoms with Crippen molar-refractivity contribution in [3.8, 4) is 11.5 Å². The summed E-state index contributed by atoms with van der Waals surface area (Å²) in [5.74, 6) is -0.169. The van der Waals surface area contributed by atoms with E-state index in [2.05, 4.69) is 10.3 Å². The number of carbonyl (C=O) groups excluding carboxylic acids is 1. The number of nitrogens with zero attached hydrogens (tertiary/aromatic N) is 1. The molecule has 2 rings (SSSR count). The van der Waals surface area contributed by atoms with E-state index in [-0.39, 0.29) is 21.5 Å². The van der Waals surface area contributed by atoms with E-state index < -0.39 is 5.91 Å². The van der Waals surface area contributed by atoms with Crippen LogP contribution in [-0.4, -0.2) is 23.1 Å². The third kappa shape index (κ3) is 3.12. The number of aromatic hydroxyl groups is 1. The predicted octanol–water partition coefficient (Wildman–Crippen LogP) is 3.35. The summed E-state index contributed by atoms with van der Waals surface area (Å²) < 4.78 is 4.91. The fraction of sp³-hybridized carbons (Fsp3) is 0.0769. The smallest absolute Gasteiger partial charge is 0.257 e. The van der Waals surface area contributed by atoms with Crippen LogP contribution in [0.15, 0.2) is 30.5 Å². The van der Waals surface area contributed by atoms with Gasteiger partial charge in [-0.2, -0.15) is 0 Å². The fourth-order valence-electron chi connectivity index (χ4n) is 1.52. The number of hydrogen-bond donors (Lipinski definition) is 2. The molecule has 0 bridgehead atoms. The van der Waals surface area contributed by atoms with Gasteiger partial charge < -0.3 is 15.2 Å². The van der Waals surface area contributed by atoms with Crippen molar-refractivity contribution >= 4 is 34.8 Å². The van der Waals surface area contributed by atoms with Crippen molar-refractivity contribution < 1.29 is 14.6 Å². The van der Waals surface area contributed by atoms with Crippen LogP contribution in [0.25, 0.3) is 0 Å². The van der Waals surface area contributed by atoms with E-state index in [0.717, 1.165) is 0 Å². The van der Waals surface area contributed by atoms with Gasteiger partial charge in [0, 0.05) is 18.0 Å². The van der Waals surface area contributed by atoms with Gasteiger partial charge in [-0.25, -0.2) is 4.98 Å². The average Bonchev–Trinajstić information content (AvgIpc) is 2.42. The first-order valence-electron chi connectivity index (χ1n) is 5.50. The molecule has 7 heteroatoms. The number of amides is 1. The summed E-state index contributed by atoms with van der Waals surface area (Å²) in [6, 6.07) is 5.93. The number of carbonyl (C=O) groups is 1. The standard InChI is InChI=1S/C13H10Cl2N2O3/c1-20-11-3-2-8(5-10(11)18)17-13(19)7-4-9(14)12(15)16-6-7/h2-6,18H,1H3,(H,17,19). The molecule has 2 N–H and O–H groups in total. The zero-order valence-corrected chi connectivity index (χ0v) is 11.9. The highest BCUT2D eigenvalue weighted by atomic mass is 35.5. The van der Waals surface area contributed by atoms with Gasteiger partial charge in [0.1, 0.15) is 5.15 Å². The summed E-state index contributed by atoms with van der Waals surface area (Å²) >= 11 is 11.5. The van der Waals surface area contributed by atoms with Gasteiger partial charge in [0.25, 0.3) is 5.91 Å². The Morgan fingerprint density at radius 1 is 1.35 bits per heavy atom. The number of ether oxygens (including phenoxy) is 1. The van der Waals surface area contributed by atoms with Crippen LogP contribution in [0.2, 0.25) is 10.2 Å². The van der Waals surface area contributed by atoms with Gasteiger partial charge in [-0.3, -0.25) is 4.79 Å². The molecule has 0 fully saturated rings. The highest BCUT2D eigenvalue weighted by molar-refractivity contribution is 6.41. The van der Waals surface area contributed by atoms with E-state index in [1.165, 1.54) is 31.5 Å². The van der Waals surface area contributed by atoms with E-state index in [4.69, 9.17) is 27.9 Å². The molecular weight excluding hydrogens is 303 g/mol. The molecule has 104 valence electrons. The van der Waals surface area contributed by atoms with Crippen LogP contribution < -0.4 is 10.1 Å². The maximum atomic E-state index is 12.0. The summed E-state index contributed by atoms with van der Waals surface area (Å²) in [7, 11) is 1.44. The van der Waals surface area contributed by atoms with Crippen molar-refractivity contribution in [3.63, 3.8) is 0 Å². The molecule has 1 aromatic carbocycles. The van der Waals surface area contributed by atoms with Gasteiger partial charge in [-0.15, -0.1) is 0 Å². The second-order valence-electron chi connectivity index (χ2n) is 3.84. The molecule has 1 aromatic heterocycles. The Kier molecular flexibility index (Phi) is 4.32. The summed E-state index contributed by atoms with van der Waals surface area (Å²) in [4.78, 5) is 15.8. The first-order chi connectivity index (χ1) is 9.51. The maximum Gasteiger partial charge on any atom is 0.257 e. The Hall–Kier alpha value is -1.98. The van der Waals surface area contributed by atoms with Crippen LogP contribution in [0.3, 0.4) is 0 Å². The third-order valence-electron chi connectivity index (χ3n) is 2.50. The number of aromatic nitrogens is 1. The number of anilines is 1. The van der Waals surface area contributed by atoms with Crippen molar-refractivity contribution in [1.82, 2.24) is 4.98 Å². The van der Waals surface area contributed by atoms with Crippen LogP contribution in [0.5, 0.6) is 11.5 Å². The number of benzene rings is 1. The molecule has 0 saturated heterocycles. The third-order valence-corrected chi connectivity index (χ3v) is 3.18. The summed E-state index contributed by atoms with van der Waals surface area (Å²) in [6.45, 7) is 0. The van der Waals surface area contributed by atoms with Gasteiger partial charge >= 0.3 is 0 Å². The first-order valence-corrected chi connectivity index (χ1v) is 6.26. The highest BCUT2D eigenvalue weighted by Gasteiger charge is 2.10. The average molecular weight is 313 g/mol. The second kappa shape index (κ2) is 5.98. The van der Waals surface area contributed by atoms with Gasteiger partial charge in [-0.1, -0.05) is 23.2 Å². The van der Waals surface area contributed by atoms with Crippen molar-refractivity contribution in [3.05, 3.63) is 46.2 Å². The van der Waals surface area contributed by atoms with Gasteiger partial charge in [0.15, 0.2) is 11.5 Å². The monoisotopic (exact) mass is 312 g/mol. The van der Waals surface area contributed by atoms with Crippen LogP contribution in [-0.2, 0) is 0 Å². The van der Waals surface area contributed by atoms with Crippen LogP contribution in [0.4, 0.5) is 5.69 Å². The lowest BCUT2D eigenvalue weighted by Crippen LogP contribution is -2.12. The Labute approximate surface area is 125 Å². The zero-order valence-electron chi connectivity index (χ0n) is 10.4.